The Balaban J connectivity index is 3.39. The molecule has 0 saturated heterocycles. The number of carbonyl (C=O) groups excluding carboxylic acids is 1. The Bertz CT molecular complexity index is 437. The van der Waals surface area contributed by atoms with Crippen LogP contribution in [-0.4, -0.2) is 18.2 Å². The van der Waals surface area contributed by atoms with Crippen molar-refractivity contribution in [3.63, 3.8) is 0 Å². The van der Waals surface area contributed by atoms with Gasteiger partial charge in [0.15, 0.2) is 0 Å². The molecule has 0 atom stereocenters. The Labute approximate surface area is 92.5 Å². The lowest BCUT2D eigenvalue weighted by molar-refractivity contribution is 0.0600. The van der Waals surface area contributed by atoms with Crippen LogP contribution in [0.15, 0.2) is 17.0 Å². The number of hydrogen-bond donors (Lipinski definition) is 2. The molecule has 5 heteroatoms. The maximum Gasteiger partial charge on any atom is 0.339 e. The molecule has 0 amide bonds. The average molecular weight is 223 g/mol. The van der Waals surface area contributed by atoms with Crippen molar-refractivity contribution in [2.75, 3.05) is 7.11 Å². The molecule has 1 aromatic rings. The maximum absolute atomic E-state index is 11.3. The molecule has 0 aliphatic heterocycles. The van der Waals surface area contributed by atoms with Crippen molar-refractivity contribution in [2.45, 2.75) is 11.5 Å². The van der Waals surface area contributed by atoms with Crippen LogP contribution in [-0.2, 0) is 11.3 Å². The Kier molecular flexibility index (Phi) is 3.72. The second-order valence-corrected chi connectivity index (χ2v) is 3.20. The number of benzene rings is 1. The van der Waals surface area contributed by atoms with Crippen LogP contribution in [0.25, 0.3) is 0 Å². The number of aliphatic hydroxyl groups is 1. The van der Waals surface area contributed by atoms with E-state index >= 15 is 0 Å². The van der Waals surface area contributed by atoms with Gasteiger partial charge in [-0.1, -0.05) is 6.07 Å². The summed E-state index contributed by atoms with van der Waals surface area (Å²) in [6.45, 7) is -0.227. The first-order chi connectivity index (χ1) is 7.15. The highest BCUT2D eigenvalue weighted by atomic mass is 32.1. The zero-order valence-electron chi connectivity index (χ0n) is 8.02. The summed E-state index contributed by atoms with van der Waals surface area (Å²) in [6, 6.07) is 4.84. The van der Waals surface area contributed by atoms with Gasteiger partial charge in [0.2, 0.25) is 0 Å². The minimum absolute atomic E-state index is 0.122. The smallest absolute Gasteiger partial charge is 0.339 e. The second kappa shape index (κ2) is 4.82. The Hall–Kier alpha value is -1.51. The topological polar surface area (TPSA) is 70.3 Å². The lowest BCUT2D eigenvalue weighted by Crippen LogP contribution is -2.06. The SMILES string of the molecule is COC(=O)c1ccc(CO)c(S)c1C#N. The number of esters is 1. The Morgan fingerprint density at radius 3 is 2.80 bits per heavy atom. The van der Waals surface area contributed by atoms with Gasteiger partial charge in [-0.3, -0.25) is 0 Å². The molecule has 0 radical (unpaired) electrons. The summed E-state index contributed by atoms with van der Waals surface area (Å²) in [4.78, 5) is 11.6. The van der Waals surface area contributed by atoms with Gasteiger partial charge in [-0.05, 0) is 11.6 Å². The quantitative estimate of drug-likeness (QED) is 0.582. The van der Waals surface area contributed by atoms with Crippen LogP contribution in [0.4, 0.5) is 0 Å². The molecule has 0 aromatic heterocycles. The fourth-order valence-corrected chi connectivity index (χ4v) is 1.47. The standard InChI is InChI=1S/C10H9NO3S/c1-14-10(13)7-3-2-6(5-12)9(15)8(7)4-11/h2-3,12,15H,5H2,1H3. The van der Waals surface area contributed by atoms with Gasteiger partial charge in [0, 0.05) is 4.90 Å². The first-order valence-corrected chi connectivity index (χ1v) is 4.54. The molecule has 0 spiro atoms. The van der Waals surface area contributed by atoms with Crippen LogP contribution in [0, 0.1) is 11.3 Å². The zero-order valence-corrected chi connectivity index (χ0v) is 8.91. The summed E-state index contributed by atoms with van der Waals surface area (Å²) in [7, 11) is 1.24. The summed E-state index contributed by atoms with van der Waals surface area (Å²) in [5, 5.41) is 17.8. The third kappa shape index (κ3) is 2.12. The molecule has 0 bridgehead atoms. The summed E-state index contributed by atoms with van der Waals surface area (Å²) < 4.78 is 4.52. The summed E-state index contributed by atoms with van der Waals surface area (Å²) in [5.74, 6) is -0.591. The van der Waals surface area contributed by atoms with Gasteiger partial charge in [0.25, 0.3) is 0 Å². The van der Waals surface area contributed by atoms with Crippen molar-refractivity contribution in [1.82, 2.24) is 0 Å². The van der Waals surface area contributed by atoms with Crippen molar-refractivity contribution in [3.8, 4) is 6.07 Å². The fourth-order valence-electron chi connectivity index (χ4n) is 1.16. The maximum atomic E-state index is 11.3. The molecule has 0 fully saturated rings. The van der Waals surface area contributed by atoms with Gasteiger partial charge in [0.05, 0.1) is 24.8 Å². The van der Waals surface area contributed by atoms with E-state index in [0.717, 1.165) is 0 Å². The number of rotatable bonds is 2. The molecule has 0 saturated carbocycles. The van der Waals surface area contributed by atoms with Crippen molar-refractivity contribution >= 4 is 18.6 Å². The lowest BCUT2D eigenvalue weighted by atomic mass is 10.0. The summed E-state index contributed by atoms with van der Waals surface area (Å²) >= 11 is 4.08. The Morgan fingerprint density at radius 1 is 1.67 bits per heavy atom. The summed E-state index contributed by atoms with van der Waals surface area (Å²) in [6.07, 6.45) is 0. The highest BCUT2D eigenvalue weighted by molar-refractivity contribution is 7.80. The van der Waals surface area contributed by atoms with E-state index in [1.54, 1.807) is 0 Å². The van der Waals surface area contributed by atoms with Gasteiger partial charge in [-0.2, -0.15) is 5.26 Å². The van der Waals surface area contributed by atoms with Gasteiger partial charge < -0.3 is 9.84 Å². The number of ether oxygens (including phenoxy) is 1. The third-order valence-electron chi connectivity index (χ3n) is 1.95. The molecule has 4 nitrogen and oxygen atoms in total. The van der Waals surface area contributed by atoms with Gasteiger partial charge in [-0.25, -0.2) is 4.79 Å². The number of carbonyl (C=O) groups is 1. The number of thiol groups is 1. The van der Waals surface area contributed by atoms with Gasteiger partial charge >= 0.3 is 5.97 Å². The fraction of sp³-hybridized carbons (Fsp3) is 0.200. The van der Waals surface area contributed by atoms with Crippen molar-refractivity contribution in [3.05, 3.63) is 28.8 Å². The molecule has 15 heavy (non-hydrogen) atoms. The first kappa shape index (κ1) is 11.6. The monoisotopic (exact) mass is 223 g/mol. The van der Waals surface area contributed by atoms with Crippen LogP contribution in [0.5, 0.6) is 0 Å². The van der Waals surface area contributed by atoms with E-state index in [1.807, 2.05) is 6.07 Å². The van der Waals surface area contributed by atoms with Crippen LogP contribution in [0.3, 0.4) is 0 Å². The minimum atomic E-state index is -0.591. The molecule has 0 aliphatic carbocycles. The predicted molar refractivity (Wildman–Crippen MR) is 55.7 cm³/mol. The normalized spacial score (nSPS) is 9.47. The van der Waals surface area contributed by atoms with Crippen LogP contribution >= 0.6 is 12.6 Å². The minimum Gasteiger partial charge on any atom is -0.465 e. The van der Waals surface area contributed by atoms with Crippen molar-refractivity contribution in [2.24, 2.45) is 0 Å². The molecule has 78 valence electrons. The van der Waals surface area contributed by atoms with Gasteiger partial charge in [-0.15, -0.1) is 12.6 Å². The number of nitriles is 1. The molecule has 1 aromatic carbocycles. The Morgan fingerprint density at radius 2 is 2.33 bits per heavy atom. The van der Waals surface area contributed by atoms with E-state index in [4.69, 9.17) is 10.4 Å². The molecule has 0 unspecified atom stereocenters. The van der Waals surface area contributed by atoms with Crippen molar-refractivity contribution < 1.29 is 14.6 Å². The predicted octanol–water partition coefficient (Wildman–Crippen LogP) is 1.13. The highest BCUT2D eigenvalue weighted by Gasteiger charge is 2.16. The highest BCUT2D eigenvalue weighted by Crippen LogP contribution is 2.23. The van der Waals surface area contributed by atoms with E-state index in [0.29, 0.717) is 10.5 Å². The van der Waals surface area contributed by atoms with E-state index in [2.05, 4.69) is 17.4 Å². The number of hydrogen-bond acceptors (Lipinski definition) is 5. The third-order valence-corrected chi connectivity index (χ3v) is 2.46. The summed E-state index contributed by atoms with van der Waals surface area (Å²) in [5.41, 5.74) is 0.779. The van der Waals surface area contributed by atoms with Gasteiger partial charge in [0.1, 0.15) is 6.07 Å². The van der Waals surface area contributed by atoms with E-state index < -0.39 is 5.97 Å². The zero-order chi connectivity index (χ0) is 11.4. The number of nitrogens with zero attached hydrogens (tertiary/aromatic N) is 1. The second-order valence-electron chi connectivity index (χ2n) is 2.76. The first-order valence-electron chi connectivity index (χ1n) is 4.09. The van der Waals surface area contributed by atoms with E-state index in [-0.39, 0.29) is 17.7 Å². The van der Waals surface area contributed by atoms with E-state index in [9.17, 15) is 4.79 Å². The van der Waals surface area contributed by atoms with E-state index in [1.165, 1.54) is 19.2 Å². The van der Waals surface area contributed by atoms with Crippen molar-refractivity contribution in [1.29, 1.82) is 5.26 Å². The molecule has 0 heterocycles. The van der Waals surface area contributed by atoms with Crippen LogP contribution in [0.2, 0.25) is 0 Å². The molecule has 1 rings (SSSR count). The largest absolute Gasteiger partial charge is 0.465 e. The molecule has 1 N–H and O–H groups in total. The average Bonchev–Trinajstić information content (AvgIpc) is 2.27. The number of methoxy groups -OCH3 is 1. The molecular weight excluding hydrogens is 214 g/mol. The van der Waals surface area contributed by atoms with Crippen LogP contribution in [0.1, 0.15) is 21.5 Å². The number of aliphatic hydroxyl groups excluding tert-OH is 1. The molecular formula is C10H9NO3S. The molecule has 0 aliphatic rings. The van der Waals surface area contributed by atoms with Crippen LogP contribution < -0.4 is 0 Å². The lowest BCUT2D eigenvalue weighted by Gasteiger charge is -2.07.